The molecule has 0 aromatic carbocycles. The van der Waals surface area contributed by atoms with Gasteiger partial charge in [-0.15, -0.1) is 16.4 Å². The maximum atomic E-state index is 12.2. The van der Waals surface area contributed by atoms with Crippen LogP contribution in [-0.4, -0.2) is 37.1 Å². The maximum Gasteiger partial charge on any atom is 0.245 e. The monoisotopic (exact) mass is 263 g/mol. The van der Waals surface area contributed by atoms with E-state index in [0.29, 0.717) is 12.6 Å². The Morgan fingerprint density at radius 3 is 3.06 bits per heavy atom. The van der Waals surface area contributed by atoms with Crippen LogP contribution in [0.15, 0.2) is 23.8 Å². The molecule has 0 bridgehead atoms. The molecule has 0 unspecified atom stereocenters. The number of carbonyl (C=O) groups is 1. The van der Waals surface area contributed by atoms with Crippen molar-refractivity contribution in [2.24, 2.45) is 0 Å². The highest BCUT2D eigenvalue weighted by atomic mass is 32.1. The molecule has 2 heterocycles. The molecule has 94 valence electrons. The van der Waals surface area contributed by atoms with Crippen molar-refractivity contribution in [3.05, 3.63) is 28.7 Å². The van der Waals surface area contributed by atoms with E-state index in [4.69, 9.17) is 0 Å². The number of hydrogen-bond donors (Lipinski definition) is 0. The van der Waals surface area contributed by atoms with Crippen molar-refractivity contribution in [2.75, 3.05) is 0 Å². The average molecular weight is 263 g/mol. The fraction of sp³-hybridized carbons (Fsp3) is 0.455. The molecule has 0 saturated heterocycles. The van der Waals surface area contributed by atoms with Crippen LogP contribution < -0.4 is 0 Å². The van der Waals surface area contributed by atoms with E-state index in [-0.39, 0.29) is 12.5 Å². The summed E-state index contributed by atoms with van der Waals surface area (Å²) in [6.07, 6.45) is 3.67. The molecule has 0 spiro atoms. The lowest BCUT2D eigenvalue weighted by molar-refractivity contribution is -0.133. The Labute approximate surface area is 108 Å². The first-order valence-electron chi connectivity index (χ1n) is 5.85. The fourth-order valence-electron chi connectivity index (χ4n) is 1.86. The van der Waals surface area contributed by atoms with E-state index in [9.17, 15) is 4.79 Å². The summed E-state index contributed by atoms with van der Waals surface area (Å²) in [4.78, 5) is 15.4. The van der Waals surface area contributed by atoms with Crippen LogP contribution in [0.5, 0.6) is 0 Å². The number of amides is 1. The molecule has 1 saturated carbocycles. The van der Waals surface area contributed by atoms with Crippen LogP contribution in [0, 0.1) is 0 Å². The van der Waals surface area contributed by atoms with Crippen LogP contribution in [-0.2, 0) is 17.9 Å². The normalized spacial score (nSPS) is 14.7. The molecular weight excluding hydrogens is 250 g/mol. The SMILES string of the molecule is O=C(Cn1cnnn1)N(Cc1cccs1)C1CC1. The average Bonchev–Trinajstić information content (AvgIpc) is 2.87. The van der Waals surface area contributed by atoms with Gasteiger partial charge in [0.05, 0.1) is 6.54 Å². The molecule has 7 heteroatoms. The molecule has 2 aromatic rings. The van der Waals surface area contributed by atoms with Crippen LogP contribution >= 0.6 is 11.3 Å². The molecule has 0 atom stereocenters. The maximum absolute atomic E-state index is 12.2. The summed E-state index contributed by atoms with van der Waals surface area (Å²) < 4.78 is 1.46. The Kier molecular flexibility index (Phi) is 3.06. The largest absolute Gasteiger partial charge is 0.333 e. The molecule has 0 radical (unpaired) electrons. The number of hydrogen-bond acceptors (Lipinski definition) is 5. The van der Waals surface area contributed by atoms with Crippen LogP contribution in [0.4, 0.5) is 0 Å². The molecule has 1 fully saturated rings. The second-order valence-electron chi connectivity index (χ2n) is 4.34. The smallest absolute Gasteiger partial charge is 0.245 e. The van der Waals surface area contributed by atoms with Gasteiger partial charge in [0, 0.05) is 10.9 Å². The summed E-state index contributed by atoms with van der Waals surface area (Å²) in [5, 5.41) is 12.8. The van der Waals surface area contributed by atoms with Crippen molar-refractivity contribution in [2.45, 2.75) is 32.0 Å². The van der Waals surface area contributed by atoms with E-state index in [1.54, 1.807) is 11.3 Å². The van der Waals surface area contributed by atoms with E-state index < -0.39 is 0 Å². The highest BCUT2D eigenvalue weighted by Gasteiger charge is 2.32. The van der Waals surface area contributed by atoms with Gasteiger partial charge in [-0.2, -0.15) is 0 Å². The first-order valence-corrected chi connectivity index (χ1v) is 6.73. The Morgan fingerprint density at radius 2 is 2.44 bits per heavy atom. The number of carbonyl (C=O) groups excluding carboxylic acids is 1. The minimum atomic E-state index is 0.0817. The molecule has 0 aliphatic heterocycles. The zero-order valence-electron chi connectivity index (χ0n) is 9.77. The van der Waals surface area contributed by atoms with Gasteiger partial charge in [-0.1, -0.05) is 6.07 Å². The van der Waals surface area contributed by atoms with Gasteiger partial charge in [0.15, 0.2) is 0 Å². The Bertz CT molecular complexity index is 506. The lowest BCUT2D eigenvalue weighted by Gasteiger charge is -2.21. The molecule has 18 heavy (non-hydrogen) atoms. The van der Waals surface area contributed by atoms with Crippen LogP contribution in [0.2, 0.25) is 0 Å². The zero-order valence-corrected chi connectivity index (χ0v) is 10.6. The Hall–Kier alpha value is -1.76. The summed E-state index contributed by atoms with van der Waals surface area (Å²) in [5.41, 5.74) is 0. The van der Waals surface area contributed by atoms with Crippen molar-refractivity contribution in [1.29, 1.82) is 0 Å². The topological polar surface area (TPSA) is 63.9 Å². The molecular formula is C11H13N5OS. The molecule has 0 N–H and O–H groups in total. The van der Waals surface area contributed by atoms with E-state index >= 15 is 0 Å². The van der Waals surface area contributed by atoms with Gasteiger partial charge in [0.2, 0.25) is 5.91 Å². The number of rotatable bonds is 5. The van der Waals surface area contributed by atoms with Crippen molar-refractivity contribution in [3.63, 3.8) is 0 Å². The van der Waals surface area contributed by atoms with Gasteiger partial charge in [-0.05, 0) is 34.7 Å². The number of tetrazole rings is 1. The summed E-state index contributed by atoms with van der Waals surface area (Å²) in [5.74, 6) is 0.0817. The molecule has 2 aromatic heterocycles. The van der Waals surface area contributed by atoms with Crippen molar-refractivity contribution in [3.8, 4) is 0 Å². The third-order valence-corrected chi connectivity index (χ3v) is 3.76. The summed E-state index contributed by atoms with van der Waals surface area (Å²) >= 11 is 1.68. The van der Waals surface area contributed by atoms with Crippen LogP contribution in [0.25, 0.3) is 0 Å². The van der Waals surface area contributed by atoms with Gasteiger partial charge in [-0.25, -0.2) is 4.68 Å². The molecule has 1 amide bonds. The van der Waals surface area contributed by atoms with Crippen LogP contribution in [0.3, 0.4) is 0 Å². The minimum Gasteiger partial charge on any atom is -0.333 e. The number of aromatic nitrogens is 4. The molecule has 1 aliphatic rings. The summed E-state index contributed by atoms with van der Waals surface area (Å²) in [6, 6.07) is 4.47. The first-order chi connectivity index (χ1) is 8.83. The minimum absolute atomic E-state index is 0.0817. The third-order valence-electron chi connectivity index (χ3n) is 2.90. The second-order valence-corrected chi connectivity index (χ2v) is 5.37. The van der Waals surface area contributed by atoms with E-state index in [1.165, 1.54) is 15.9 Å². The van der Waals surface area contributed by atoms with E-state index in [2.05, 4.69) is 21.6 Å². The van der Waals surface area contributed by atoms with Gasteiger partial charge in [-0.3, -0.25) is 4.79 Å². The van der Waals surface area contributed by atoms with Crippen molar-refractivity contribution >= 4 is 17.2 Å². The Morgan fingerprint density at radius 1 is 1.56 bits per heavy atom. The zero-order chi connectivity index (χ0) is 12.4. The van der Waals surface area contributed by atoms with Crippen molar-refractivity contribution in [1.82, 2.24) is 25.1 Å². The predicted octanol–water partition coefficient (Wildman–Crippen LogP) is 0.926. The number of nitrogens with zero attached hydrogens (tertiary/aromatic N) is 5. The first kappa shape index (κ1) is 11.3. The second kappa shape index (κ2) is 4.85. The van der Waals surface area contributed by atoms with Gasteiger partial charge in [0.1, 0.15) is 12.9 Å². The van der Waals surface area contributed by atoms with Gasteiger partial charge in [0.25, 0.3) is 0 Å². The third kappa shape index (κ3) is 2.56. The molecule has 6 nitrogen and oxygen atoms in total. The van der Waals surface area contributed by atoms with E-state index in [1.807, 2.05) is 16.3 Å². The number of thiophene rings is 1. The molecule has 1 aliphatic carbocycles. The van der Waals surface area contributed by atoms with Gasteiger partial charge < -0.3 is 4.90 Å². The van der Waals surface area contributed by atoms with E-state index in [0.717, 1.165) is 12.8 Å². The molecule has 3 rings (SSSR count). The summed E-state index contributed by atoms with van der Waals surface area (Å²) in [6.45, 7) is 0.915. The highest BCUT2D eigenvalue weighted by Crippen LogP contribution is 2.29. The van der Waals surface area contributed by atoms with Crippen LogP contribution in [0.1, 0.15) is 17.7 Å². The van der Waals surface area contributed by atoms with Gasteiger partial charge >= 0.3 is 0 Å². The Balaban J connectivity index is 1.67. The predicted molar refractivity (Wildman–Crippen MR) is 65.7 cm³/mol. The fourth-order valence-corrected chi connectivity index (χ4v) is 2.56. The lowest BCUT2D eigenvalue weighted by Crippen LogP contribution is -2.35. The standard InChI is InChI=1S/C11H13N5OS/c17-11(7-15-8-12-13-14-15)16(9-3-4-9)6-10-2-1-5-18-10/h1-2,5,8-9H,3-4,6-7H2. The highest BCUT2D eigenvalue weighted by molar-refractivity contribution is 7.09. The lowest BCUT2D eigenvalue weighted by atomic mass is 10.3. The van der Waals surface area contributed by atoms with Crippen molar-refractivity contribution < 1.29 is 4.79 Å². The summed E-state index contributed by atoms with van der Waals surface area (Å²) in [7, 11) is 0. The quantitative estimate of drug-likeness (QED) is 0.805.